The second-order valence-corrected chi connectivity index (χ2v) is 4.25. The van der Waals surface area contributed by atoms with Crippen molar-refractivity contribution in [2.45, 2.75) is 19.9 Å². The van der Waals surface area contributed by atoms with Crippen LogP contribution >= 0.6 is 0 Å². The Morgan fingerprint density at radius 3 is 2.45 bits per heavy atom. The molecule has 110 valence electrons. The van der Waals surface area contributed by atoms with Crippen molar-refractivity contribution < 1.29 is 19.1 Å². The predicted octanol–water partition coefficient (Wildman–Crippen LogP) is 2.02. The summed E-state index contributed by atoms with van der Waals surface area (Å²) in [6, 6.07) is 6.09. The highest BCUT2D eigenvalue weighted by molar-refractivity contribution is 5.92. The molecule has 6 heteroatoms. The van der Waals surface area contributed by atoms with Crippen molar-refractivity contribution >= 4 is 17.7 Å². The molecule has 1 aromatic rings. The number of anilines is 1. The van der Waals surface area contributed by atoms with Crippen LogP contribution in [0.2, 0.25) is 0 Å². The smallest absolute Gasteiger partial charge is 0.338 e. The van der Waals surface area contributed by atoms with Gasteiger partial charge in [-0.25, -0.2) is 9.59 Å². The number of benzene rings is 1. The number of nitrogens with one attached hydrogen (secondary N) is 2. The van der Waals surface area contributed by atoms with Gasteiger partial charge in [0, 0.05) is 12.8 Å². The summed E-state index contributed by atoms with van der Waals surface area (Å²) in [5.41, 5.74) is 1.05. The molecule has 1 aromatic carbocycles. The van der Waals surface area contributed by atoms with Gasteiger partial charge in [-0.05, 0) is 38.1 Å². The third kappa shape index (κ3) is 5.27. The standard InChI is InChI=1S/C14H20N2O4/c1-4-20-13(17)11-5-7-12(8-6-11)16-14(18)15-10(2)9-19-3/h5-8,10H,4,9H2,1-3H3,(H2,15,16,18). The Balaban J connectivity index is 2.52. The first-order chi connectivity index (χ1) is 9.56. The van der Waals surface area contributed by atoms with E-state index in [1.165, 1.54) is 0 Å². The van der Waals surface area contributed by atoms with Crippen molar-refractivity contribution in [3.8, 4) is 0 Å². The van der Waals surface area contributed by atoms with E-state index in [9.17, 15) is 9.59 Å². The van der Waals surface area contributed by atoms with Crippen LogP contribution in [0.4, 0.5) is 10.5 Å². The third-order valence-corrected chi connectivity index (χ3v) is 2.45. The van der Waals surface area contributed by atoms with Gasteiger partial charge in [-0.1, -0.05) is 0 Å². The van der Waals surface area contributed by atoms with Crippen LogP contribution in [0.5, 0.6) is 0 Å². The highest BCUT2D eigenvalue weighted by Crippen LogP contribution is 2.10. The summed E-state index contributed by atoms with van der Waals surface area (Å²) in [6.45, 7) is 4.36. The van der Waals surface area contributed by atoms with Gasteiger partial charge in [0.15, 0.2) is 0 Å². The van der Waals surface area contributed by atoms with E-state index in [0.29, 0.717) is 24.5 Å². The summed E-state index contributed by atoms with van der Waals surface area (Å²) in [5.74, 6) is -0.378. The molecule has 1 rings (SSSR count). The summed E-state index contributed by atoms with van der Waals surface area (Å²) in [6.07, 6.45) is 0. The van der Waals surface area contributed by atoms with E-state index in [2.05, 4.69) is 10.6 Å². The number of rotatable bonds is 6. The molecule has 0 aromatic heterocycles. The van der Waals surface area contributed by atoms with Gasteiger partial charge >= 0.3 is 12.0 Å². The minimum atomic E-state index is -0.378. The van der Waals surface area contributed by atoms with Crippen molar-refractivity contribution in [2.75, 3.05) is 25.6 Å². The topological polar surface area (TPSA) is 76.7 Å². The summed E-state index contributed by atoms with van der Waals surface area (Å²) >= 11 is 0. The summed E-state index contributed by atoms with van der Waals surface area (Å²) in [7, 11) is 1.57. The molecule has 0 saturated carbocycles. The Kier molecular flexibility index (Phi) is 6.52. The molecule has 0 heterocycles. The van der Waals surface area contributed by atoms with Crippen molar-refractivity contribution in [2.24, 2.45) is 0 Å². The van der Waals surface area contributed by atoms with E-state index in [0.717, 1.165) is 0 Å². The Bertz CT molecular complexity index is 445. The van der Waals surface area contributed by atoms with E-state index in [4.69, 9.17) is 9.47 Å². The zero-order valence-electron chi connectivity index (χ0n) is 11.9. The first-order valence-electron chi connectivity index (χ1n) is 6.40. The van der Waals surface area contributed by atoms with E-state index in [-0.39, 0.29) is 18.0 Å². The lowest BCUT2D eigenvalue weighted by Crippen LogP contribution is -2.38. The molecule has 20 heavy (non-hydrogen) atoms. The predicted molar refractivity (Wildman–Crippen MR) is 75.9 cm³/mol. The fourth-order valence-electron chi connectivity index (χ4n) is 1.59. The maximum absolute atomic E-state index is 11.6. The molecule has 2 amide bonds. The Morgan fingerprint density at radius 1 is 1.25 bits per heavy atom. The molecule has 6 nitrogen and oxygen atoms in total. The molecule has 0 saturated heterocycles. The largest absolute Gasteiger partial charge is 0.462 e. The number of hydrogen-bond acceptors (Lipinski definition) is 4. The number of hydrogen-bond donors (Lipinski definition) is 2. The van der Waals surface area contributed by atoms with Gasteiger partial charge in [-0.2, -0.15) is 0 Å². The van der Waals surface area contributed by atoms with Gasteiger partial charge in [0.1, 0.15) is 0 Å². The third-order valence-electron chi connectivity index (χ3n) is 2.45. The van der Waals surface area contributed by atoms with E-state index in [1.807, 2.05) is 6.92 Å². The van der Waals surface area contributed by atoms with Gasteiger partial charge in [-0.3, -0.25) is 0 Å². The minimum Gasteiger partial charge on any atom is -0.462 e. The van der Waals surface area contributed by atoms with E-state index >= 15 is 0 Å². The van der Waals surface area contributed by atoms with Crippen LogP contribution in [-0.4, -0.2) is 38.4 Å². The lowest BCUT2D eigenvalue weighted by Gasteiger charge is -2.13. The fourth-order valence-corrected chi connectivity index (χ4v) is 1.59. The summed E-state index contributed by atoms with van der Waals surface area (Å²) < 4.78 is 9.80. The quantitative estimate of drug-likeness (QED) is 0.782. The number of carbonyl (C=O) groups is 2. The number of ether oxygens (including phenoxy) is 2. The lowest BCUT2D eigenvalue weighted by molar-refractivity contribution is 0.0526. The molecular formula is C14H20N2O4. The van der Waals surface area contributed by atoms with Crippen LogP contribution in [0.25, 0.3) is 0 Å². The van der Waals surface area contributed by atoms with Crippen molar-refractivity contribution in [3.63, 3.8) is 0 Å². The zero-order valence-corrected chi connectivity index (χ0v) is 11.9. The Morgan fingerprint density at radius 2 is 1.90 bits per heavy atom. The van der Waals surface area contributed by atoms with Crippen LogP contribution in [0.3, 0.4) is 0 Å². The second kappa shape index (κ2) is 8.16. The second-order valence-electron chi connectivity index (χ2n) is 4.25. The first-order valence-corrected chi connectivity index (χ1v) is 6.40. The number of methoxy groups -OCH3 is 1. The van der Waals surface area contributed by atoms with E-state index < -0.39 is 0 Å². The molecule has 1 atom stereocenters. The lowest BCUT2D eigenvalue weighted by atomic mass is 10.2. The molecule has 0 fully saturated rings. The summed E-state index contributed by atoms with van der Waals surface area (Å²) in [5, 5.41) is 5.39. The molecular weight excluding hydrogens is 260 g/mol. The highest BCUT2D eigenvalue weighted by atomic mass is 16.5. The van der Waals surface area contributed by atoms with Crippen molar-refractivity contribution in [1.29, 1.82) is 0 Å². The van der Waals surface area contributed by atoms with Gasteiger partial charge in [0.05, 0.1) is 24.8 Å². The molecule has 2 N–H and O–H groups in total. The van der Waals surface area contributed by atoms with E-state index in [1.54, 1.807) is 38.3 Å². The highest BCUT2D eigenvalue weighted by Gasteiger charge is 2.08. The SMILES string of the molecule is CCOC(=O)c1ccc(NC(=O)NC(C)COC)cc1. The number of urea groups is 1. The van der Waals surface area contributed by atoms with Crippen LogP contribution in [-0.2, 0) is 9.47 Å². The van der Waals surface area contributed by atoms with Crippen molar-refractivity contribution in [3.05, 3.63) is 29.8 Å². The molecule has 0 aliphatic rings. The molecule has 0 spiro atoms. The summed E-state index contributed by atoms with van der Waals surface area (Å²) in [4.78, 5) is 23.1. The minimum absolute atomic E-state index is 0.0844. The number of esters is 1. The van der Waals surface area contributed by atoms with Crippen LogP contribution in [0.15, 0.2) is 24.3 Å². The van der Waals surface area contributed by atoms with Gasteiger partial charge in [0.25, 0.3) is 0 Å². The van der Waals surface area contributed by atoms with Crippen LogP contribution in [0, 0.1) is 0 Å². The molecule has 1 unspecified atom stereocenters. The molecule has 0 aliphatic carbocycles. The van der Waals surface area contributed by atoms with Gasteiger partial charge < -0.3 is 20.1 Å². The molecule has 0 bridgehead atoms. The zero-order chi connectivity index (χ0) is 15.0. The number of carbonyl (C=O) groups excluding carboxylic acids is 2. The molecule has 0 radical (unpaired) electrons. The fraction of sp³-hybridized carbons (Fsp3) is 0.429. The average molecular weight is 280 g/mol. The monoisotopic (exact) mass is 280 g/mol. The Hall–Kier alpha value is -2.08. The van der Waals surface area contributed by atoms with Crippen LogP contribution in [0.1, 0.15) is 24.2 Å². The average Bonchev–Trinajstić information content (AvgIpc) is 2.39. The maximum atomic E-state index is 11.6. The Labute approximate surface area is 118 Å². The normalized spacial score (nSPS) is 11.6. The first kappa shape index (κ1) is 16.0. The molecule has 0 aliphatic heterocycles. The van der Waals surface area contributed by atoms with Crippen molar-refractivity contribution in [1.82, 2.24) is 5.32 Å². The van der Waals surface area contributed by atoms with Gasteiger partial charge in [-0.15, -0.1) is 0 Å². The maximum Gasteiger partial charge on any atom is 0.338 e. The van der Waals surface area contributed by atoms with Gasteiger partial charge in [0.2, 0.25) is 0 Å². The number of amides is 2. The van der Waals surface area contributed by atoms with Crippen LogP contribution < -0.4 is 10.6 Å².